The van der Waals surface area contributed by atoms with Crippen molar-refractivity contribution in [3.05, 3.63) is 41.0 Å². The van der Waals surface area contributed by atoms with Crippen molar-refractivity contribution in [2.45, 2.75) is 69.0 Å². The smallest absolute Gasteiger partial charge is 0.230 e. The fourth-order valence-corrected chi connectivity index (χ4v) is 6.15. The first-order valence-electron chi connectivity index (χ1n) is 12.8. The Balaban J connectivity index is 1.34. The summed E-state index contributed by atoms with van der Waals surface area (Å²) in [5, 5.41) is 10.3. The summed E-state index contributed by atoms with van der Waals surface area (Å²) in [6.07, 6.45) is 9.41. The third kappa shape index (κ3) is 5.00. The monoisotopic (exact) mass is 512 g/mol. The van der Waals surface area contributed by atoms with Gasteiger partial charge in [-0.15, -0.1) is 0 Å². The Kier molecular flexibility index (Phi) is 7.48. The maximum Gasteiger partial charge on any atom is 0.230 e. The van der Waals surface area contributed by atoms with Gasteiger partial charge in [0, 0.05) is 24.7 Å². The van der Waals surface area contributed by atoms with Crippen LogP contribution in [0.4, 0.5) is 5.82 Å². The standard InChI is InChI=1S/C26H33ClN6OS/c1-2-35-25-30-22(32-15-6-3-7-16-32)21-18-29-33(23(21)31-25)17-14-28-24(34)26(12-4-5-13-26)19-8-10-20(27)11-9-19/h8-11,18H,2-7,12-17H2,1H3,(H,28,34). The van der Waals surface area contributed by atoms with Crippen LogP contribution in [0.15, 0.2) is 35.6 Å². The summed E-state index contributed by atoms with van der Waals surface area (Å²) in [7, 11) is 0. The lowest BCUT2D eigenvalue weighted by atomic mass is 9.78. The first-order valence-corrected chi connectivity index (χ1v) is 14.1. The lowest BCUT2D eigenvalue weighted by Gasteiger charge is -2.28. The van der Waals surface area contributed by atoms with E-state index in [0.717, 1.165) is 72.1 Å². The lowest BCUT2D eigenvalue weighted by Crippen LogP contribution is -2.43. The van der Waals surface area contributed by atoms with Gasteiger partial charge in [0.05, 0.1) is 23.5 Å². The SMILES string of the molecule is CCSc1nc(N2CCCCC2)c2cnn(CCNC(=O)C3(c4ccc(Cl)cc4)CCCC3)c2n1. The van der Waals surface area contributed by atoms with E-state index in [0.29, 0.717) is 18.1 Å². The molecule has 1 aliphatic carbocycles. The molecular weight excluding hydrogens is 480 g/mol. The number of nitrogens with one attached hydrogen (secondary N) is 1. The van der Waals surface area contributed by atoms with Crippen molar-refractivity contribution < 1.29 is 4.79 Å². The van der Waals surface area contributed by atoms with Crippen molar-refractivity contribution in [1.82, 2.24) is 25.1 Å². The van der Waals surface area contributed by atoms with Crippen molar-refractivity contribution in [2.75, 3.05) is 30.3 Å². The van der Waals surface area contributed by atoms with Gasteiger partial charge < -0.3 is 10.2 Å². The second kappa shape index (κ2) is 10.7. The minimum absolute atomic E-state index is 0.0969. The molecule has 0 unspecified atom stereocenters. The number of halogens is 1. The zero-order valence-electron chi connectivity index (χ0n) is 20.3. The molecule has 0 spiro atoms. The second-order valence-corrected chi connectivity index (χ2v) is 11.1. The van der Waals surface area contributed by atoms with Crippen molar-refractivity contribution in [2.24, 2.45) is 0 Å². The summed E-state index contributed by atoms with van der Waals surface area (Å²) in [6.45, 7) is 5.24. The number of benzene rings is 1. The van der Waals surface area contributed by atoms with E-state index in [1.165, 1.54) is 19.3 Å². The van der Waals surface area contributed by atoms with Gasteiger partial charge in [-0.1, -0.05) is 55.3 Å². The fourth-order valence-electron chi connectivity index (χ4n) is 5.46. The molecule has 1 aliphatic heterocycles. The maximum atomic E-state index is 13.4. The number of carbonyl (C=O) groups excluding carboxylic acids is 1. The molecule has 1 saturated carbocycles. The van der Waals surface area contributed by atoms with Gasteiger partial charge in [-0.05, 0) is 55.6 Å². The summed E-state index contributed by atoms with van der Waals surface area (Å²) in [4.78, 5) is 25.5. The average molecular weight is 513 g/mol. The van der Waals surface area contributed by atoms with E-state index in [-0.39, 0.29) is 5.91 Å². The number of hydrogen-bond acceptors (Lipinski definition) is 6. The highest BCUT2D eigenvalue weighted by Crippen LogP contribution is 2.41. The molecule has 3 heterocycles. The van der Waals surface area contributed by atoms with Crippen LogP contribution in [-0.2, 0) is 16.8 Å². The summed E-state index contributed by atoms with van der Waals surface area (Å²) in [5.41, 5.74) is 1.44. The molecule has 0 bridgehead atoms. The molecule has 7 nitrogen and oxygen atoms in total. The minimum Gasteiger partial charge on any atom is -0.356 e. The van der Waals surface area contributed by atoms with Gasteiger partial charge >= 0.3 is 0 Å². The Labute approximate surface area is 216 Å². The van der Waals surface area contributed by atoms with E-state index >= 15 is 0 Å². The fraction of sp³-hybridized carbons (Fsp3) is 0.538. The average Bonchev–Trinajstić information content (AvgIpc) is 3.53. The van der Waals surface area contributed by atoms with Gasteiger partial charge in [0.25, 0.3) is 0 Å². The van der Waals surface area contributed by atoms with Crippen molar-refractivity contribution in [3.8, 4) is 0 Å². The van der Waals surface area contributed by atoms with Gasteiger partial charge in [0.15, 0.2) is 10.8 Å². The van der Waals surface area contributed by atoms with Crippen LogP contribution in [0.2, 0.25) is 5.02 Å². The van der Waals surface area contributed by atoms with Crippen LogP contribution in [0, 0.1) is 0 Å². The number of carbonyl (C=O) groups is 1. The highest BCUT2D eigenvalue weighted by molar-refractivity contribution is 7.99. The Morgan fingerprint density at radius 1 is 1.09 bits per heavy atom. The molecule has 35 heavy (non-hydrogen) atoms. The zero-order chi connectivity index (χ0) is 24.3. The van der Waals surface area contributed by atoms with Crippen LogP contribution < -0.4 is 10.2 Å². The van der Waals surface area contributed by atoms with E-state index in [1.807, 2.05) is 35.1 Å². The molecule has 1 amide bonds. The first-order chi connectivity index (χ1) is 17.1. The molecule has 2 aliphatic rings. The Hall–Kier alpha value is -2.32. The maximum absolute atomic E-state index is 13.4. The summed E-state index contributed by atoms with van der Waals surface area (Å²) >= 11 is 7.75. The van der Waals surface area contributed by atoms with Crippen LogP contribution in [0.25, 0.3) is 11.0 Å². The molecule has 3 aromatic rings. The zero-order valence-corrected chi connectivity index (χ0v) is 21.9. The molecule has 186 valence electrons. The van der Waals surface area contributed by atoms with E-state index in [1.54, 1.807) is 11.8 Å². The Morgan fingerprint density at radius 3 is 2.54 bits per heavy atom. The second-order valence-electron chi connectivity index (χ2n) is 9.47. The molecular formula is C26H33ClN6OS. The minimum atomic E-state index is -0.467. The first kappa shape index (κ1) is 24.4. The highest BCUT2D eigenvalue weighted by Gasteiger charge is 2.42. The van der Waals surface area contributed by atoms with E-state index in [2.05, 4.69) is 22.2 Å². The van der Waals surface area contributed by atoms with Crippen molar-refractivity contribution >= 4 is 46.1 Å². The number of piperidine rings is 1. The van der Waals surface area contributed by atoms with Crippen LogP contribution in [0.1, 0.15) is 57.4 Å². The molecule has 1 aromatic carbocycles. The quantitative estimate of drug-likeness (QED) is 0.330. The van der Waals surface area contributed by atoms with Gasteiger partial charge in [-0.2, -0.15) is 5.10 Å². The normalized spacial score (nSPS) is 17.7. The summed E-state index contributed by atoms with van der Waals surface area (Å²) < 4.78 is 1.91. The molecule has 9 heteroatoms. The van der Waals surface area contributed by atoms with Gasteiger partial charge in [0.2, 0.25) is 5.91 Å². The number of anilines is 1. The highest BCUT2D eigenvalue weighted by atomic mass is 35.5. The topological polar surface area (TPSA) is 75.9 Å². The molecule has 2 fully saturated rings. The molecule has 1 saturated heterocycles. The van der Waals surface area contributed by atoms with Gasteiger partial charge in [-0.3, -0.25) is 4.79 Å². The third-order valence-electron chi connectivity index (χ3n) is 7.28. The number of nitrogens with zero attached hydrogens (tertiary/aromatic N) is 5. The molecule has 5 rings (SSSR count). The van der Waals surface area contributed by atoms with E-state index in [4.69, 9.17) is 21.6 Å². The van der Waals surface area contributed by atoms with E-state index in [9.17, 15) is 4.79 Å². The number of amides is 1. The number of hydrogen-bond donors (Lipinski definition) is 1. The van der Waals surface area contributed by atoms with Crippen LogP contribution in [0.5, 0.6) is 0 Å². The number of thioether (sulfide) groups is 1. The predicted octanol–water partition coefficient (Wildman–Crippen LogP) is 5.21. The summed E-state index contributed by atoms with van der Waals surface area (Å²) in [6, 6.07) is 7.76. The molecule has 0 atom stereocenters. The third-order valence-corrected chi connectivity index (χ3v) is 8.26. The Morgan fingerprint density at radius 2 is 1.83 bits per heavy atom. The number of fused-ring (bicyclic) bond motifs is 1. The number of rotatable bonds is 8. The largest absolute Gasteiger partial charge is 0.356 e. The van der Waals surface area contributed by atoms with Gasteiger partial charge in [0.1, 0.15) is 5.82 Å². The van der Waals surface area contributed by atoms with Crippen molar-refractivity contribution in [3.63, 3.8) is 0 Å². The van der Waals surface area contributed by atoms with Crippen molar-refractivity contribution in [1.29, 1.82) is 0 Å². The predicted molar refractivity (Wildman–Crippen MR) is 142 cm³/mol. The Bertz CT molecular complexity index is 1170. The van der Waals surface area contributed by atoms with Crippen LogP contribution >= 0.6 is 23.4 Å². The lowest BCUT2D eigenvalue weighted by molar-refractivity contribution is -0.126. The van der Waals surface area contributed by atoms with Gasteiger partial charge in [-0.25, -0.2) is 14.6 Å². The summed E-state index contributed by atoms with van der Waals surface area (Å²) in [5.74, 6) is 2.01. The van der Waals surface area contributed by atoms with E-state index < -0.39 is 5.41 Å². The van der Waals surface area contributed by atoms with Crippen LogP contribution in [0.3, 0.4) is 0 Å². The molecule has 1 N–H and O–H groups in total. The molecule has 2 aromatic heterocycles. The van der Waals surface area contributed by atoms with Crippen LogP contribution in [-0.4, -0.2) is 51.0 Å². The molecule has 0 radical (unpaired) electrons. The number of aromatic nitrogens is 4.